The van der Waals surface area contributed by atoms with E-state index in [1.54, 1.807) is 6.07 Å². The minimum absolute atomic E-state index is 0.0948. The summed E-state index contributed by atoms with van der Waals surface area (Å²) in [7, 11) is 1.82. The lowest BCUT2D eigenvalue weighted by Crippen LogP contribution is -2.27. The molecule has 134 valence electrons. The Kier molecular flexibility index (Phi) is 5.44. The lowest BCUT2D eigenvalue weighted by molar-refractivity contribution is -0.114. The van der Waals surface area contributed by atoms with Gasteiger partial charge in [0.2, 0.25) is 11.8 Å². The SMILES string of the molecule is CNc1cc(O[C@@H]2CC(C)N(Cc3cnc(NC(C)=O)s3)C2)ncn1. The Morgan fingerprint density at radius 2 is 2.28 bits per heavy atom. The molecule has 0 spiro atoms. The normalized spacial score (nSPS) is 20.4. The van der Waals surface area contributed by atoms with Gasteiger partial charge in [0, 0.05) is 56.7 Å². The van der Waals surface area contributed by atoms with E-state index in [1.807, 2.05) is 13.2 Å². The number of thiazole rings is 1. The highest BCUT2D eigenvalue weighted by Gasteiger charge is 2.31. The van der Waals surface area contributed by atoms with Crippen molar-refractivity contribution in [2.24, 2.45) is 0 Å². The van der Waals surface area contributed by atoms with E-state index >= 15 is 0 Å². The molecule has 0 aliphatic carbocycles. The number of nitrogens with one attached hydrogen (secondary N) is 2. The number of hydrogen-bond acceptors (Lipinski definition) is 8. The molecule has 25 heavy (non-hydrogen) atoms. The zero-order chi connectivity index (χ0) is 17.8. The number of hydrogen-bond donors (Lipinski definition) is 2. The van der Waals surface area contributed by atoms with Crippen LogP contribution in [0.25, 0.3) is 0 Å². The average molecular weight is 362 g/mol. The standard InChI is InChI=1S/C16H22N6O2S/c1-10-4-12(24-15-5-14(17-3)19-9-20-15)7-22(10)8-13-6-18-16(25-13)21-11(2)23/h5-6,9-10,12H,4,7-8H2,1-3H3,(H,17,19,20)(H,18,21,23)/t10?,12-/m1/s1. The second-order valence-corrected chi connectivity index (χ2v) is 7.17. The number of nitrogens with zero attached hydrogens (tertiary/aromatic N) is 4. The number of rotatable bonds is 6. The van der Waals surface area contributed by atoms with E-state index in [0.717, 1.165) is 30.2 Å². The molecule has 1 aliphatic rings. The van der Waals surface area contributed by atoms with E-state index in [4.69, 9.17) is 4.74 Å². The number of amides is 1. The van der Waals surface area contributed by atoms with E-state index in [1.165, 1.54) is 24.6 Å². The summed E-state index contributed by atoms with van der Waals surface area (Å²) < 4.78 is 6.01. The summed E-state index contributed by atoms with van der Waals surface area (Å²) in [6, 6.07) is 2.21. The topological polar surface area (TPSA) is 92.3 Å². The summed E-state index contributed by atoms with van der Waals surface area (Å²) in [6.45, 7) is 5.30. The van der Waals surface area contributed by atoms with Gasteiger partial charge in [-0.3, -0.25) is 9.69 Å². The minimum Gasteiger partial charge on any atom is -0.473 e. The predicted molar refractivity (Wildman–Crippen MR) is 96.9 cm³/mol. The highest BCUT2D eigenvalue weighted by atomic mass is 32.1. The summed E-state index contributed by atoms with van der Waals surface area (Å²) in [4.78, 5) is 27.1. The van der Waals surface area contributed by atoms with Gasteiger partial charge < -0.3 is 15.4 Å². The first-order valence-corrected chi connectivity index (χ1v) is 8.98. The molecule has 8 nitrogen and oxygen atoms in total. The van der Waals surface area contributed by atoms with Gasteiger partial charge in [-0.15, -0.1) is 11.3 Å². The molecule has 2 atom stereocenters. The molecule has 0 aromatic carbocycles. The summed E-state index contributed by atoms with van der Waals surface area (Å²) in [5, 5.41) is 6.34. The number of likely N-dealkylation sites (tertiary alicyclic amines) is 1. The molecule has 2 aromatic heterocycles. The monoisotopic (exact) mass is 362 g/mol. The van der Waals surface area contributed by atoms with Crippen molar-refractivity contribution in [3.8, 4) is 5.88 Å². The van der Waals surface area contributed by atoms with Crippen molar-refractivity contribution in [1.82, 2.24) is 19.9 Å². The highest BCUT2D eigenvalue weighted by Crippen LogP contribution is 2.27. The lowest BCUT2D eigenvalue weighted by atomic mass is 10.2. The van der Waals surface area contributed by atoms with Crippen LogP contribution in [0.1, 0.15) is 25.1 Å². The van der Waals surface area contributed by atoms with Crippen LogP contribution in [-0.2, 0) is 11.3 Å². The third-order valence-electron chi connectivity index (χ3n) is 4.05. The van der Waals surface area contributed by atoms with Gasteiger partial charge in [-0.25, -0.2) is 15.0 Å². The van der Waals surface area contributed by atoms with E-state index in [2.05, 4.69) is 37.4 Å². The Hall–Kier alpha value is -2.26. The molecule has 3 rings (SSSR count). The van der Waals surface area contributed by atoms with Gasteiger partial charge in [0.1, 0.15) is 18.2 Å². The molecule has 2 N–H and O–H groups in total. The quantitative estimate of drug-likeness (QED) is 0.811. The molecule has 1 aliphatic heterocycles. The van der Waals surface area contributed by atoms with E-state index in [0.29, 0.717) is 17.1 Å². The summed E-state index contributed by atoms with van der Waals surface area (Å²) >= 11 is 1.51. The summed E-state index contributed by atoms with van der Waals surface area (Å²) in [5.41, 5.74) is 0. The molecule has 9 heteroatoms. The second kappa shape index (κ2) is 7.75. The number of aromatic nitrogens is 3. The maximum absolute atomic E-state index is 11.1. The first kappa shape index (κ1) is 17.6. The van der Waals surface area contributed by atoms with Gasteiger partial charge in [0.25, 0.3) is 0 Å². The maximum Gasteiger partial charge on any atom is 0.223 e. The van der Waals surface area contributed by atoms with Crippen molar-refractivity contribution in [2.45, 2.75) is 39.0 Å². The largest absolute Gasteiger partial charge is 0.473 e. The molecule has 1 unspecified atom stereocenters. The van der Waals surface area contributed by atoms with Crippen LogP contribution in [0.5, 0.6) is 5.88 Å². The van der Waals surface area contributed by atoms with E-state index in [9.17, 15) is 4.79 Å². The number of carbonyl (C=O) groups excluding carboxylic acids is 1. The van der Waals surface area contributed by atoms with Gasteiger partial charge in [0.15, 0.2) is 5.13 Å². The zero-order valence-corrected chi connectivity index (χ0v) is 15.3. The molecule has 2 aromatic rings. The fourth-order valence-electron chi connectivity index (χ4n) is 2.85. The van der Waals surface area contributed by atoms with Gasteiger partial charge in [-0.1, -0.05) is 0 Å². The van der Waals surface area contributed by atoms with Crippen molar-refractivity contribution >= 4 is 28.2 Å². The Morgan fingerprint density at radius 1 is 1.44 bits per heavy atom. The van der Waals surface area contributed by atoms with Crippen LogP contribution < -0.4 is 15.4 Å². The molecule has 1 saturated heterocycles. The molecule has 0 radical (unpaired) electrons. The van der Waals surface area contributed by atoms with Gasteiger partial charge in [0.05, 0.1) is 0 Å². The number of anilines is 2. The van der Waals surface area contributed by atoms with Crippen molar-refractivity contribution in [1.29, 1.82) is 0 Å². The number of ether oxygens (including phenoxy) is 1. The Morgan fingerprint density at radius 3 is 3.04 bits per heavy atom. The summed E-state index contributed by atoms with van der Waals surface area (Å²) in [5.74, 6) is 1.22. The van der Waals surface area contributed by atoms with E-state index < -0.39 is 0 Å². The highest BCUT2D eigenvalue weighted by molar-refractivity contribution is 7.15. The Balaban J connectivity index is 1.57. The lowest BCUT2D eigenvalue weighted by Gasteiger charge is -2.19. The fraction of sp³-hybridized carbons (Fsp3) is 0.500. The second-order valence-electron chi connectivity index (χ2n) is 6.06. The Bertz CT molecular complexity index is 737. The molecule has 0 saturated carbocycles. The van der Waals surface area contributed by atoms with Crippen molar-refractivity contribution in [3.63, 3.8) is 0 Å². The van der Waals surface area contributed by atoms with Crippen LogP contribution in [0, 0.1) is 0 Å². The van der Waals surface area contributed by atoms with Crippen LogP contribution in [0.15, 0.2) is 18.6 Å². The maximum atomic E-state index is 11.1. The van der Waals surface area contributed by atoms with Gasteiger partial charge in [-0.2, -0.15) is 0 Å². The molecular weight excluding hydrogens is 340 g/mol. The third-order valence-corrected chi connectivity index (χ3v) is 4.94. The first-order valence-electron chi connectivity index (χ1n) is 8.16. The van der Waals surface area contributed by atoms with Crippen LogP contribution in [0.3, 0.4) is 0 Å². The summed E-state index contributed by atoms with van der Waals surface area (Å²) in [6.07, 6.45) is 4.35. The zero-order valence-electron chi connectivity index (χ0n) is 14.5. The fourth-order valence-corrected chi connectivity index (χ4v) is 3.74. The third kappa shape index (κ3) is 4.64. The van der Waals surface area contributed by atoms with Crippen LogP contribution >= 0.6 is 11.3 Å². The average Bonchev–Trinajstić information content (AvgIpc) is 3.14. The van der Waals surface area contributed by atoms with Crippen LogP contribution in [0.2, 0.25) is 0 Å². The van der Waals surface area contributed by atoms with Crippen molar-refractivity contribution in [3.05, 3.63) is 23.5 Å². The van der Waals surface area contributed by atoms with Gasteiger partial charge in [-0.05, 0) is 6.92 Å². The van der Waals surface area contributed by atoms with Crippen LogP contribution in [-0.4, -0.2) is 51.5 Å². The molecule has 0 bridgehead atoms. The van der Waals surface area contributed by atoms with Crippen molar-refractivity contribution < 1.29 is 9.53 Å². The predicted octanol–water partition coefficient (Wildman–Crippen LogP) is 1.97. The minimum atomic E-state index is -0.102. The van der Waals surface area contributed by atoms with Gasteiger partial charge >= 0.3 is 0 Å². The first-order chi connectivity index (χ1) is 12.0. The molecule has 1 amide bonds. The smallest absolute Gasteiger partial charge is 0.223 e. The molecular formula is C16H22N6O2S. The Labute approximate surface area is 150 Å². The molecule has 1 fully saturated rings. The van der Waals surface area contributed by atoms with Crippen LogP contribution in [0.4, 0.5) is 10.9 Å². The molecule has 3 heterocycles. The van der Waals surface area contributed by atoms with Crippen molar-refractivity contribution in [2.75, 3.05) is 24.2 Å². The van der Waals surface area contributed by atoms with E-state index in [-0.39, 0.29) is 12.0 Å². The number of carbonyl (C=O) groups is 1.